The average molecular weight is 303 g/mol. The Morgan fingerprint density at radius 2 is 1.82 bits per heavy atom. The number of fused-ring (bicyclic) bond motifs is 5. The fraction of sp³-hybridized carbons (Fsp3) is 0.895. The Morgan fingerprint density at radius 1 is 1.05 bits per heavy atom. The summed E-state index contributed by atoms with van der Waals surface area (Å²) in [4.78, 5) is 24.3. The molecule has 0 radical (unpaired) electrons. The Labute approximate surface area is 133 Å². The fourth-order valence-electron chi connectivity index (χ4n) is 6.82. The molecule has 4 aliphatic rings. The topological polar surface area (TPSA) is 46.2 Å². The van der Waals surface area contributed by atoms with Crippen LogP contribution in [0.25, 0.3) is 0 Å². The van der Waals surface area contributed by atoms with Gasteiger partial charge in [-0.05, 0) is 61.2 Å². The van der Waals surface area contributed by atoms with Gasteiger partial charge in [-0.1, -0.05) is 20.8 Å². The molecule has 0 spiro atoms. The molecule has 1 heterocycles. The van der Waals surface area contributed by atoms with Gasteiger partial charge in [0.1, 0.15) is 5.78 Å². The van der Waals surface area contributed by atoms with Crippen molar-refractivity contribution in [2.24, 2.45) is 34.5 Å². The third-order valence-electron chi connectivity index (χ3n) is 8.18. The maximum Gasteiger partial charge on any atom is 0.220 e. The van der Waals surface area contributed by atoms with Gasteiger partial charge in [0.05, 0.1) is 0 Å². The highest BCUT2D eigenvalue weighted by atomic mass is 16.1. The summed E-state index contributed by atoms with van der Waals surface area (Å²) in [7, 11) is 0. The van der Waals surface area contributed by atoms with Gasteiger partial charge in [0, 0.05) is 24.3 Å². The Morgan fingerprint density at radius 3 is 2.59 bits per heavy atom. The van der Waals surface area contributed by atoms with Crippen molar-refractivity contribution >= 4 is 11.7 Å². The van der Waals surface area contributed by atoms with Crippen LogP contribution in [0.1, 0.15) is 65.7 Å². The summed E-state index contributed by atoms with van der Waals surface area (Å²) in [5.41, 5.74) is 0.203. The molecule has 3 saturated carbocycles. The van der Waals surface area contributed by atoms with Crippen LogP contribution < -0.4 is 5.32 Å². The molecular weight excluding hydrogens is 274 g/mol. The normalized spacial score (nSPS) is 54.2. The number of amides is 1. The number of ketones is 1. The smallest absolute Gasteiger partial charge is 0.220 e. The molecule has 0 aromatic rings. The number of piperidine rings is 1. The molecule has 122 valence electrons. The standard InChI is InChI=1S/C19H29NO2/c1-11-10-14-18(2,9-7-16(22)20-14)13-6-8-19(3)12(17(11)13)4-5-15(19)21/h11-14,17H,4-10H2,1-3H3,(H,20,22)/t11?,12?,13?,14?,17?,18?,19-/m0/s1. The van der Waals surface area contributed by atoms with E-state index in [9.17, 15) is 9.59 Å². The minimum Gasteiger partial charge on any atom is -0.353 e. The Hall–Kier alpha value is -0.860. The Kier molecular flexibility index (Phi) is 3.06. The molecule has 3 heteroatoms. The van der Waals surface area contributed by atoms with Gasteiger partial charge in [0.15, 0.2) is 0 Å². The molecule has 3 aliphatic carbocycles. The van der Waals surface area contributed by atoms with Crippen LogP contribution in [0.4, 0.5) is 0 Å². The van der Waals surface area contributed by atoms with E-state index in [0.717, 1.165) is 32.1 Å². The maximum absolute atomic E-state index is 12.5. The van der Waals surface area contributed by atoms with E-state index in [-0.39, 0.29) is 16.7 Å². The molecule has 6 unspecified atom stereocenters. The fourth-order valence-corrected chi connectivity index (χ4v) is 6.82. The van der Waals surface area contributed by atoms with E-state index >= 15 is 0 Å². The van der Waals surface area contributed by atoms with Gasteiger partial charge < -0.3 is 5.32 Å². The van der Waals surface area contributed by atoms with Gasteiger partial charge in [-0.15, -0.1) is 0 Å². The number of carbonyl (C=O) groups is 2. The van der Waals surface area contributed by atoms with Crippen LogP contribution in [-0.2, 0) is 9.59 Å². The number of carbonyl (C=O) groups excluding carboxylic acids is 2. The van der Waals surface area contributed by atoms with Gasteiger partial charge in [-0.3, -0.25) is 9.59 Å². The van der Waals surface area contributed by atoms with Crippen LogP contribution in [0.2, 0.25) is 0 Å². The van der Waals surface area contributed by atoms with Crippen LogP contribution in [0.15, 0.2) is 0 Å². The lowest BCUT2D eigenvalue weighted by molar-refractivity contribution is -0.147. The SMILES string of the molecule is CC1CC2NC(=O)CCC2(C)C2CC[C@]3(C)C(=O)CCC3C12. The second kappa shape index (κ2) is 4.58. The van der Waals surface area contributed by atoms with Gasteiger partial charge in [0.2, 0.25) is 5.91 Å². The van der Waals surface area contributed by atoms with Crippen molar-refractivity contribution < 1.29 is 9.59 Å². The minimum atomic E-state index is -0.0451. The summed E-state index contributed by atoms with van der Waals surface area (Å²) in [6.45, 7) is 7.03. The lowest BCUT2D eigenvalue weighted by Gasteiger charge is -2.61. The summed E-state index contributed by atoms with van der Waals surface area (Å²) in [5, 5.41) is 3.29. The predicted molar refractivity (Wildman–Crippen MR) is 85.1 cm³/mol. The summed E-state index contributed by atoms with van der Waals surface area (Å²) in [6, 6.07) is 0.353. The number of rotatable bonds is 0. The van der Waals surface area contributed by atoms with Gasteiger partial charge in [0.25, 0.3) is 0 Å². The molecule has 1 aliphatic heterocycles. The summed E-state index contributed by atoms with van der Waals surface area (Å²) >= 11 is 0. The first-order valence-electron chi connectivity index (χ1n) is 9.19. The molecular formula is C19H29NO2. The monoisotopic (exact) mass is 303 g/mol. The van der Waals surface area contributed by atoms with Crippen LogP contribution in [-0.4, -0.2) is 17.7 Å². The molecule has 1 amide bonds. The van der Waals surface area contributed by atoms with Gasteiger partial charge >= 0.3 is 0 Å². The van der Waals surface area contributed by atoms with Crippen molar-refractivity contribution in [1.29, 1.82) is 0 Å². The minimum absolute atomic E-state index is 0.0451. The third-order valence-corrected chi connectivity index (χ3v) is 8.18. The van der Waals surface area contributed by atoms with E-state index in [1.807, 2.05) is 0 Å². The van der Waals surface area contributed by atoms with E-state index in [1.165, 1.54) is 6.42 Å². The lowest BCUT2D eigenvalue weighted by atomic mass is 9.45. The van der Waals surface area contributed by atoms with E-state index in [4.69, 9.17) is 0 Å². The highest BCUT2D eigenvalue weighted by molar-refractivity contribution is 5.87. The molecule has 0 aromatic heterocycles. The first-order valence-corrected chi connectivity index (χ1v) is 9.19. The molecule has 7 atom stereocenters. The zero-order chi connectivity index (χ0) is 15.7. The number of hydrogen-bond donors (Lipinski definition) is 1. The summed E-state index contributed by atoms with van der Waals surface area (Å²) in [6.07, 6.45) is 6.98. The van der Waals surface area contributed by atoms with E-state index in [1.54, 1.807) is 0 Å². The number of hydrogen-bond acceptors (Lipinski definition) is 2. The predicted octanol–water partition coefficient (Wildman–Crippen LogP) is 3.32. The largest absolute Gasteiger partial charge is 0.353 e. The quantitative estimate of drug-likeness (QED) is 0.746. The van der Waals surface area contributed by atoms with E-state index in [2.05, 4.69) is 26.1 Å². The zero-order valence-corrected chi connectivity index (χ0v) is 14.2. The molecule has 4 rings (SSSR count). The second-order valence-electron chi connectivity index (χ2n) is 9.05. The highest BCUT2D eigenvalue weighted by Crippen LogP contribution is 2.64. The van der Waals surface area contributed by atoms with Crippen LogP contribution in [0.3, 0.4) is 0 Å². The van der Waals surface area contributed by atoms with Crippen LogP contribution in [0, 0.1) is 34.5 Å². The molecule has 22 heavy (non-hydrogen) atoms. The molecule has 0 aromatic carbocycles. The average Bonchev–Trinajstić information content (AvgIpc) is 2.77. The van der Waals surface area contributed by atoms with Crippen LogP contribution in [0.5, 0.6) is 0 Å². The first kappa shape index (κ1) is 14.7. The van der Waals surface area contributed by atoms with Gasteiger partial charge in [-0.25, -0.2) is 0 Å². The number of Topliss-reactive ketones (excluding diaryl/α,β-unsaturated/α-hetero) is 1. The van der Waals surface area contributed by atoms with Crippen molar-refractivity contribution in [2.45, 2.75) is 71.8 Å². The Bertz CT molecular complexity index is 530. The first-order chi connectivity index (χ1) is 10.4. The van der Waals surface area contributed by atoms with E-state index in [0.29, 0.717) is 41.9 Å². The van der Waals surface area contributed by atoms with E-state index < -0.39 is 0 Å². The second-order valence-corrected chi connectivity index (χ2v) is 9.05. The molecule has 3 nitrogen and oxygen atoms in total. The molecule has 1 N–H and O–H groups in total. The Balaban J connectivity index is 1.70. The van der Waals surface area contributed by atoms with Crippen molar-refractivity contribution in [3.8, 4) is 0 Å². The lowest BCUT2D eigenvalue weighted by Crippen LogP contribution is -2.63. The number of nitrogens with one attached hydrogen (secondary N) is 1. The van der Waals surface area contributed by atoms with Crippen molar-refractivity contribution in [3.63, 3.8) is 0 Å². The molecule has 1 saturated heterocycles. The highest BCUT2D eigenvalue weighted by Gasteiger charge is 2.61. The molecule has 4 fully saturated rings. The summed E-state index contributed by atoms with van der Waals surface area (Å²) < 4.78 is 0. The zero-order valence-electron chi connectivity index (χ0n) is 14.2. The molecule has 0 bridgehead atoms. The van der Waals surface area contributed by atoms with Gasteiger partial charge in [-0.2, -0.15) is 0 Å². The van der Waals surface area contributed by atoms with Crippen molar-refractivity contribution in [3.05, 3.63) is 0 Å². The third kappa shape index (κ3) is 1.74. The van der Waals surface area contributed by atoms with Crippen molar-refractivity contribution in [1.82, 2.24) is 5.32 Å². The summed E-state index contributed by atoms with van der Waals surface area (Å²) in [5.74, 6) is 3.34. The van der Waals surface area contributed by atoms with Crippen molar-refractivity contribution in [2.75, 3.05) is 0 Å². The van der Waals surface area contributed by atoms with Crippen LogP contribution >= 0.6 is 0 Å². The maximum atomic E-state index is 12.5.